The minimum Gasteiger partial charge on any atom is -0.468 e. The molecule has 2 aliphatic heterocycles. The molecule has 29 heavy (non-hydrogen) atoms. The van der Waals surface area contributed by atoms with Gasteiger partial charge in [-0.1, -0.05) is 18.2 Å². The molecular formula is C22H22N2O5. The molecule has 2 aromatic rings. The molecule has 150 valence electrons. The number of carbonyl (C=O) groups is 3. The van der Waals surface area contributed by atoms with E-state index in [0.717, 1.165) is 5.56 Å². The first-order valence-electron chi connectivity index (χ1n) is 9.58. The van der Waals surface area contributed by atoms with Crippen LogP contribution < -0.4 is 15.4 Å². The smallest absolute Gasteiger partial charge is 0.338 e. The molecule has 3 atom stereocenters. The van der Waals surface area contributed by atoms with Crippen molar-refractivity contribution in [2.24, 2.45) is 5.92 Å². The lowest BCUT2D eigenvalue weighted by atomic mass is 9.74. The van der Waals surface area contributed by atoms with Crippen molar-refractivity contribution in [3.8, 4) is 5.75 Å². The SMILES string of the molecule is CCOC(=O)c1ccc(NC(=O)[C@H]2C(=O)N[C@]3(C)C[C@@H]2c2ccccc2O3)cc1. The van der Waals surface area contributed by atoms with Crippen molar-refractivity contribution < 1.29 is 23.9 Å². The molecule has 7 heteroatoms. The first-order valence-corrected chi connectivity index (χ1v) is 9.58. The summed E-state index contributed by atoms with van der Waals surface area (Å²) in [4.78, 5) is 37.5. The van der Waals surface area contributed by atoms with Crippen LogP contribution in [0.1, 0.15) is 42.1 Å². The Morgan fingerprint density at radius 3 is 2.66 bits per heavy atom. The molecule has 4 rings (SSSR count). The fourth-order valence-corrected chi connectivity index (χ4v) is 4.01. The van der Waals surface area contributed by atoms with E-state index in [-0.39, 0.29) is 11.8 Å². The highest BCUT2D eigenvalue weighted by Crippen LogP contribution is 2.46. The second-order valence-corrected chi connectivity index (χ2v) is 7.44. The molecule has 2 aromatic carbocycles. The molecule has 1 saturated heterocycles. The van der Waals surface area contributed by atoms with Gasteiger partial charge in [-0.15, -0.1) is 0 Å². The maximum atomic E-state index is 13.0. The van der Waals surface area contributed by atoms with E-state index >= 15 is 0 Å². The number of anilines is 1. The van der Waals surface area contributed by atoms with Gasteiger partial charge in [0, 0.05) is 18.0 Å². The summed E-state index contributed by atoms with van der Waals surface area (Å²) in [5.74, 6) is -1.65. The van der Waals surface area contributed by atoms with Crippen LogP contribution in [0.3, 0.4) is 0 Å². The number of rotatable bonds is 4. The summed E-state index contributed by atoms with van der Waals surface area (Å²) in [5, 5.41) is 5.63. The molecule has 2 bridgehead atoms. The fourth-order valence-electron chi connectivity index (χ4n) is 4.01. The van der Waals surface area contributed by atoms with Gasteiger partial charge in [-0.2, -0.15) is 0 Å². The number of fused-ring (bicyclic) bond motifs is 4. The molecule has 2 aliphatic rings. The van der Waals surface area contributed by atoms with Crippen molar-refractivity contribution in [1.29, 1.82) is 0 Å². The van der Waals surface area contributed by atoms with E-state index in [1.54, 1.807) is 31.2 Å². The van der Waals surface area contributed by atoms with E-state index in [1.165, 1.54) is 0 Å². The minimum absolute atomic E-state index is 0.280. The molecular weight excluding hydrogens is 372 g/mol. The second kappa shape index (κ2) is 7.24. The van der Waals surface area contributed by atoms with Crippen LogP contribution in [-0.2, 0) is 14.3 Å². The third kappa shape index (κ3) is 3.55. The average Bonchev–Trinajstić information content (AvgIpc) is 2.68. The number of ether oxygens (including phenoxy) is 2. The first kappa shape index (κ1) is 19.0. The third-order valence-electron chi connectivity index (χ3n) is 5.28. The predicted octanol–water partition coefficient (Wildman–Crippen LogP) is 2.83. The van der Waals surface area contributed by atoms with Crippen molar-refractivity contribution in [1.82, 2.24) is 5.32 Å². The summed E-state index contributed by atoms with van der Waals surface area (Å²) >= 11 is 0. The lowest BCUT2D eigenvalue weighted by Crippen LogP contribution is -2.62. The number of hydrogen-bond donors (Lipinski definition) is 2. The standard InChI is InChI=1S/C22H22N2O5/c1-3-28-21(27)13-8-10-14(11-9-13)23-19(25)18-16-12-22(2,24-20(18)26)29-17-7-5-4-6-15(16)17/h4-11,16,18H,3,12H2,1-2H3,(H,23,25)(H,24,26)/t16-,18+,22+/m1/s1. The average molecular weight is 394 g/mol. The van der Waals surface area contributed by atoms with Gasteiger partial charge in [0.1, 0.15) is 11.7 Å². The molecule has 0 unspecified atom stereocenters. The van der Waals surface area contributed by atoms with Crippen LogP contribution >= 0.6 is 0 Å². The van der Waals surface area contributed by atoms with E-state index < -0.39 is 23.5 Å². The van der Waals surface area contributed by atoms with Crippen LogP contribution in [0.25, 0.3) is 0 Å². The Hall–Kier alpha value is -3.35. The molecule has 0 radical (unpaired) electrons. The van der Waals surface area contributed by atoms with Gasteiger partial charge in [-0.05, 0) is 49.7 Å². The van der Waals surface area contributed by atoms with Gasteiger partial charge in [-0.25, -0.2) is 4.79 Å². The van der Waals surface area contributed by atoms with Crippen LogP contribution in [0.2, 0.25) is 0 Å². The van der Waals surface area contributed by atoms with Crippen molar-refractivity contribution in [3.05, 3.63) is 59.7 Å². The van der Waals surface area contributed by atoms with E-state index in [1.807, 2.05) is 31.2 Å². The highest BCUT2D eigenvalue weighted by atomic mass is 16.5. The largest absolute Gasteiger partial charge is 0.468 e. The Kier molecular flexibility index (Phi) is 4.74. The van der Waals surface area contributed by atoms with Gasteiger partial charge in [-0.3, -0.25) is 9.59 Å². The first-order chi connectivity index (χ1) is 13.9. The molecule has 0 aromatic heterocycles. The lowest BCUT2D eigenvalue weighted by Gasteiger charge is -2.46. The zero-order valence-electron chi connectivity index (χ0n) is 16.2. The summed E-state index contributed by atoms with van der Waals surface area (Å²) in [6.45, 7) is 3.84. The van der Waals surface area contributed by atoms with Crippen molar-refractivity contribution in [2.75, 3.05) is 11.9 Å². The van der Waals surface area contributed by atoms with Gasteiger partial charge < -0.3 is 20.1 Å². The molecule has 7 nitrogen and oxygen atoms in total. The Morgan fingerprint density at radius 1 is 1.21 bits per heavy atom. The van der Waals surface area contributed by atoms with Crippen LogP contribution in [0.5, 0.6) is 5.75 Å². The molecule has 2 heterocycles. The Bertz CT molecular complexity index is 971. The number of nitrogens with one attached hydrogen (secondary N) is 2. The Morgan fingerprint density at radius 2 is 1.93 bits per heavy atom. The van der Waals surface area contributed by atoms with Gasteiger partial charge in [0.15, 0.2) is 5.72 Å². The highest BCUT2D eigenvalue weighted by molar-refractivity contribution is 6.08. The van der Waals surface area contributed by atoms with Crippen LogP contribution in [0, 0.1) is 5.92 Å². The van der Waals surface area contributed by atoms with E-state index in [4.69, 9.17) is 9.47 Å². The summed E-state index contributed by atoms with van der Waals surface area (Å²) in [6.07, 6.45) is 0.510. The number of hydrogen-bond acceptors (Lipinski definition) is 5. The molecule has 0 aliphatic carbocycles. The van der Waals surface area contributed by atoms with E-state index in [0.29, 0.717) is 30.0 Å². The number of para-hydroxylation sites is 1. The van der Waals surface area contributed by atoms with Gasteiger partial charge >= 0.3 is 5.97 Å². The van der Waals surface area contributed by atoms with Gasteiger partial charge in [0.2, 0.25) is 11.8 Å². The zero-order valence-corrected chi connectivity index (χ0v) is 16.2. The predicted molar refractivity (Wildman–Crippen MR) is 105 cm³/mol. The van der Waals surface area contributed by atoms with Crippen LogP contribution in [-0.4, -0.2) is 30.1 Å². The van der Waals surface area contributed by atoms with Crippen molar-refractivity contribution in [2.45, 2.75) is 31.9 Å². The molecule has 2 amide bonds. The molecule has 0 saturated carbocycles. The third-order valence-corrected chi connectivity index (χ3v) is 5.28. The molecule has 0 spiro atoms. The number of esters is 1. The van der Waals surface area contributed by atoms with Crippen molar-refractivity contribution >= 4 is 23.5 Å². The van der Waals surface area contributed by atoms with E-state index in [9.17, 15) is 14.4 Å². The minimum atomic E-state index is -0.877. The topological polar surface area (TPSA) is 93.7 Å². The number of benzene rings is 2. The monoisotopic (exact) mass is 394 g/mol. The Labute approximate surface area is 168 Å². The number of amides is 2. The highest BCUT2D eigenvalue weighted by Gasteiger charge is 2.51. The molecule has 2 N–H and O–H groups in total. The number of carbonyl (C=O) groups excluding carboxylic acids is 3. The van der Waals surface area contributed by atoms with Crippen LogP contribution in [0.4, 0.5) is 5.69 Å². The fraction of sp³-hybridized carbons (Fsp3) is 0.318. The lowest BCUT2D eigenvalue weighted by molar-refractivity contribution is -0.145. The van der Waals surface area contributed by atoms with Gasteiger partial charge in [0.25, 0.3) is 0 Å². The van der Waals surface area contributed by atoms with Crippen LogP contribution in [0.15, 0.2) is 48.5 Å². The summed E-state index contributed by atoms with van der Waals surface area (Å²) in [5.41, 5.74) is 0.935. The van der Waals surface area contributed by atoms with Gasteiger partial charge in [0.05, 0.1) is 12.2 Å². The summed E-state index contributed by atoms with van der Waals surface area (Å²) < 4.78 is 10.9. The molecule has 1 fully saturated rings. The summed E-state index contributed by atoms with van der Waals surface area (Å²) in [7, 11) is 0. The van der Waals surface area contributed by atoms with Crippen molar-refractivity contribution in [3.63, 3.8) is 0 Å². The normalized spacial score (nSPS) is 24.6. The zero-order chi connectivity index (χ0) is 20.6. The Balaban J connectivity index is 1.56. The second-order valence-electron chi connectivity index (χ2n) is 7.44. The quantitative estimate of drug-likeness (QED) is 0.614. The maximum absolute atomic E-state index is 13.0. The van der Waals surface area contributed by atoms with E-state index in [2.05, 4.69) is 10.6 Å². The summed E-state index contributed by atoms with van der Waals surface area (Å²) in [6, 6.07) is 13.9. The maximum Gasteiger partial charge on any atom is 0.338 e. The number of piperidine rings is 1.